The molecule has 20 heavy (non-hydrogen) atoms. The van der Waals surface area contributed by atoms with E-state index < -0.39 is 0 Å². The predicted molar refractivity (Wildman–Crippen MR) is 80.8 cm³/mol. The highest BCUT2D eigenvalue weighted by Gasteiger charge is 2.43. The van der Waals surface area contributed by atoms with Gasteiger partial charge in [-0.2, -0.15) is 0 Å². The number of allylic oxidation sites excluding steroid dienone is 1. The molecule has 0 amide bonds. The van der Waals surface area contributed by atoms with Gasteiger partial charge in [-0.15, -0.1) is 0 Å². The topological polar surface area (TPSA) is 18.5 Å². The smallest absolute Gasteiger partial charge is 0.118 e. The van der Waals surface area contributed by atoms with E-state index in [1.165, 1.54) is 11.1 Å². The van der Waals surface area contributed by atoms with Crippen molar-refractivity contribution >= 4 is 0 Å². The molecule has 5 atom stereocenters. The molecule has 1 heterocycles. The van der Waals surface area contributed by atoms with Crippen LogP contribution in [0.1, 0.15) is 32.4 Å². The van der Waals surface area contributed by atoms with E-state index in [9.17, 15) is 0 Å². The van der Waals surface area contributed by atoms with Gasteiger partial charge in [-0.1, -0.05) is 37.6 Å². The third-order valence-corrected chi connectivity index (χ3v) is 5.21. The van der Waals surface area contributed by atoms with Crippen LogP contribution >= 0.6 is 0 Å². The summed E-state index contributed by atoms with van der Waals surface area (Å²) in [5.41, 5.74) is 2.75. The summed E-state index contributed by atoms with van der Waals surface area (Å²) in [4.78, 5) is 0. The normalized spacial score (nSPS) is 36.4. The molecule has 0 radical (unpaired) electrons. The Kier molecular flexibility index (Phi) is 3.59. The van der Waals surface area contributed by atoms with E-state index >= 15 is 0 Å². The Bertz CT molecular complexity index is 503. The summed E-state index contributed by atoms with van der Waals surface area (Å²) in [5.74, 6) is 3.41. The molecule has 1 aromatic rings. The van der Waals surface area contributed by atoms with E-state index in [2.05, 4.69) is 39.0 Å². The molecular weight excluding hydrogens is 248 g/mol. The van der Waals surface area contributed by atoms with E-state index in [-0.39, 0.29) is 6.10 Å². The van der Waals surface area contributed by atoms with E-state index in [4.69, 9.17) is 9.47 Å². The van der Waals surface area contributed by atoms with Crippen molar-refractivity contribution in [1.82, 2.24) is 0 Å². The summed E-state index contributed by atoms with van der Waals surface area (Å²) in [6.45, 7) is 7.84. The van der Waals surface area contributed by atoms with Gasteiger partial charge in [0.2, 0.25) is 0 Å². The summed E-state index contributed by atoms with van der Waals surface area (Å²) >= 11 is 0. The summed E-state index contributed by atoms with van der Waals surface area (Å²) in [6.07, 6.45) is 2.64. The molecule has 3 rings (SSSR count). The van der Waals surface area contributed by atoms with Crippen LogP contribution in [0.25, 0.3) is 0 Å². The molecule has 1 fully saturated rings. The summed E-state index contributed by atoms with van der Waals surface area (Å²) in [7, 11) is 1.70. The first-order chi connectivity index (χ1) is 9.61. The Morgan fingerprint density at radius 2 is 1.85 bits per heavy atom. The molecule has 0 N–H and O–H groups in total. The van der Waals surface area contributed by atoms with Crippen molar-refractivity contribution in [3.8, 4) is 5.75 Å². The van der Waals surface area contributed by atoms with Crippen molar-refractivity contribution < 1.29 is 9.47 Å². The number of rotatable bonds is 2. The molecule has 2 bridgehead atoms. The van der Waals surface area contributed by atoms with Crippen LogP contribution in [0, 0.1) is 23.7 Å². The molecule has 108 valence electrons. The fraction of sp³-hybridized carbons (Fsp3) is 0.556. The summed E-state index contributed by atoms with van der Waals surface area (Å²) < 4.78 is 11.5. The van der Waals surface area contributed by atoms with Gasteiger partial charge in [-0.25, -0.2) is 0 Å². The molecule has 2 nitrogen and oxygen atoms in total. The maximum absolute atomic E-state index is 6.23. The average molecular weight is 272 g/mol. The molecule has 1 saturated heterocycles. The SMILES string of the molecule is COc1ccc(C2OCC3C(C)C=C(C)C2C3C)cc1. The lowest BCUT2D eigenvalue weighted by atomic mass is 9.64. The molecule has 2 heteroatoms. The second kappa shape index (κ2) is 5.25. The van der Waals surface area contributed by atoms with Gasteiger partial charge < -0.3 is 9.47 Å². The molecule has 0 spiro atoms. The number of ether oxygens (including phenoxy) is 2. The fourth-order valence-corrected chi connectivity index (χ4v) is 4.04. The predicted octanol–water partition coefficient (Wildman–Crippen LogP) is 4.23. The van der Waals surface area contributed by atoms with Crippen LogP contribution in [0.2, 0.25) is 0 Å². The summed E-state index contributed by atoms with van der Waals surface area (Å²) in [6, 6.07) is 8.34. The number of methoxy groups -OCH3 is 1. The van der Waals surface area contributed by atoms with Gasteiger partial charge in [0, 0.05) is 5.92 Å². The second-order valence-electron chi connectivity index (χ2n) is 6.35. The van der Waals surface area contributed by atoms with Crippen molar-refractivity contribution in [2.75, 3.05) is 13.7 Å². The number of hydrogen-bond donors (Lipinski definition) is 0. The zero-order valence-corrected chi connectivity index (χ0v) is 12.8. The molecule has 1 aliphatic heterocycles. The van der Waals surface area contributed by atoms with Gasteiger partial charge in [0.25, 0.3) is 0 Å². The summed E-state index contributed by atoms with van der Waals surface area (Å²) in [5, 5.41) is 0. The molecule has 2 aliphatic rings. The average Bonchev–Trinajstić information content (AvgIpc) is 2.45. The number of fused-ring (bicyclic) bond motifs is 2. The largest absolute Gasteiger partial charge is 0.497 e. The Morgan fingerprint density at radius 3 is 2.50 bits per heavy atom. The van der Waals surface area contributed by atoms with Crippen molar-refractivity contribution in [3.05, 3.63) is 41.5 Å². The van der Waals surface area contributed by atoms with E-state index in [1.54, 1.807) is 7.11 Å². The van der Waals surface area contributed by atoms with Gasteiger partial charge in [0.05, 0.1) is 19.8 Å². The lowest BCUT2D eigenvalue weighted by Crippen LogP contribution is -2.42. The van der Waals surface area contributed by atoms with Gasteiger partial charge in [0.1, 0.15) is 5.75 Å². The highest BCUT2D eigenvalue weighted by molar-refractivity contribution is 5.31. The quantitative estimate of drug-likeness (QED) is 0.750. The van der Waals surface area contributed by atoms with E-state index in [0.29, 0.717) is 23.7 Å². The zero-order chi connectivity index (χ0) is 14.3. The standard InChI is InChI=1S/C18H24O2/c1-11-9-12(2)17-13(3)16(11)10-20-18(17)14-5-7-15(19-4)8-6-14/h5-9,11,13,16-18H,10H2,1-4H3. The fourth-order valence-electron chi connectivity index (χ4n) is 4.04. The Balaban J connectivity index is 1.92. The first-order valence-electron chi connectivity index (χ1n) is 7.55. The minimum atomic E-state index is 0.191. The van der Waals surface area contributed by atoms with Crippen LogP contribution in [0.4, 0.5) is 0 Å². The van der Waals surface area contributed by atoms with Crippen LogP contribution < -0.4 is 4.74 Å². The van der Waals surface area contributed by atoms with Crippen LogP contribution in [0.5, 0.6) is 5.75 Å². The van der Waals surface area contributed by atoms with E-state index in [1.807, 2.05) is 12.1 Å². The van der Waals surface area contributed by atoms with Crippen LogP contribution in [-0.2, 0) is 4.74 Å². The van der Waals surface area contributed by atoms with E-state index in [0.717, 1.165) is 12.4 Å². The van der Waals surface area contributed by atoms with Gasteiger partial charge >= 0.3 is 0 Å². The zero-order valence-electron chi connectivity index (χ0n) is 12.8. The van der Waals surface area contributed by atoms with Crippen LogP contribution in [-0.4, -0.2) is 13.7 Å². The third-order valence-electron chi connectivity index (χ3n) is 5.21. The number of benzene rings is 1. The maximum Gasteiger partial charge on any atom is 0.118 e. The molecule has 5 unspecified atom stereocenters. The Morgan fingerprint density at radius 1 is 1.15 bits per heavy atom. The lowest BCUT2D eigenvalue weighted by Gasteiger charge is -2.47. The second-order valence-corrected chi connectivity index (χ2v) is 6.35. The van der Waals surface area contributed by atoms with Crippen molar-refractivity contribution in [1.29, 1.82) is 0 Å². The lowest BCUT2D eigenvalue weighted by molar-refractivity contribution is -0.0934. The molecular formula is C18H24O2. The molecule has 1 aliphatic carbocycles. The molecule has 1 aromatic carbocycles. The van der Waals surface area contributed by atoms with Crippen molar-refractivity contribution in [3.63, 3.8) is 0 Å². The van der Waals surface area contributed by atoms with Crippen molar-refractivity contribution in [2.24, 2.45) is 23.7 Å². The third kappa shape index (κ3) is 2.16. The highest BCUT2D eigenvalue weighted by Crippen LogP contribution is 2.49. The first-order valence-corrected chi connectivity index (χ1v) is 7.55. The minimum absolute atomic E-state index is 0.191. The first kappa shape index (κ1) is 13.7. The van der Waals surface area contributed by atoms with Gasteiger partial charge in [0.15, 0.2) is 0 Å². The van der Waals surface area contributed by atoms with Gasteiger partial charge in [-0.3, -0.25) is 0 Å². The monoisotopic (exact) mass is 272 g/mol. The number of hydrogen-bond acceptors (Lipinski definition) is 2. The molecule has 0 saturated carbocycles. The Hall–Kier alpha value is -1.28. The maximum atomic E-state index is 6.23. The van der Waals surface area contributed by atoms with Crippen molar-refractivity contribution in [2.45, 2.75) is 26.9 Å². The van der Waals surface area contributed by atoms with Crippen LogP contribution in [0.3, 0.4) is 0 Å². The molecule has 0 aromatic heterocycles. The Labute approximate surface area is 121 Å². The highest BCUT2D eigenvalue weighted by atomic mass is 16.5. The van der Waals surface area contributed by atoms with Gasteiger partial charge in [-0.05, 0) is 42.4 Å². The van der Waals surface area contributed by atoms with Crippen LogP contribution in [0.15, 0.2) is 35.9 Å². The minimum Gasteiger partial charge on any atom is -0.497 e.